The van der Waals surface area contributed by atoms with Crippen LogP contribution in [0.4, 0.5) is 27.5 Å². The number of carbonyl (C=O) groups is 1. The van der Waals surface area contributed by atoms with Crippen LogP contribution in [0.15, 0.2) is 40.4 Å². The Labute approximate surface area is 205 Å². The molecule has 3 aliphatic rings. The van der Waals surface area contributed by atoms with Gasteiger partial charge in [-0.1, -0.05) is 0 Å². The molecular weight excluding hydrogens is 469 g/mol. The van der Waals surface area contributed by atoms with Gasteiger partial charge in [-0.3, -0.25) is 9.89 Å². The number of hydrogen-bond acceptors (Lipinski definition) is 8. The molecule has 1 amide bonds. The van der Waals surface area contributed by atoms with Crippen molar-refractivity contribution < 1.29 is 14.3 Å². The number of anilines is 4. The van der Waals surface area contributed by atoms with Gasteiger partial charge in [-0.05, 0) is 68.5 Å². The van der Waals surface area contributed by atoms with Gasteiger partial charge >= 0.3 is 0 Å². The van der Waals surface area contributed by atoms with Crippen molar-refractivity contribution >= 4 is 40.8 Å². The summed E-state index contributed by atoms with van der Waals surface area (Å²) in [5.41, 5.74) is 0.692. The van der Waals surface area contributed by atoms with Crippen LogP contribution < -0.4 is 15.5 Å². The number of rotatable bonds is 8. The fraction of sp³-hybridized carbons (Fsp3) is 0.417. The molecular formula is C24H26FN7O2S. The molecule has 3 aromatic rings. The number of benzene rings is 1. The fourth-order valence-electron chi connectivity index (χ4n) is 4.30. The molecule has 35 heavy (non-hydrogen) atoms. The van der Waals surface area contributed by atoms with Gasteiger partial charge in [0, 0.05) is 29.4 Å². The lowest BCUT2D eigenvalue weighted by Gasteiger charge is -2.47. The first-order valence-corrected chi connectivity index (χ1v) is 12.6. The minimum atomic E-state index is -0.655. The lowest BCUT2D eigenvalue weighted by molar-refractivity contribution is -0.117. The Hall–Kier alpha value is -3.18. The van der Waals surface area contributed by atoms with Crippen LogP contribution in [0.2, 0.25) is 0 Å². The highest BCUT2D eigenvalue weighted by molar-refractivity contribution is 7.99. The molecule has 0 bridgehead atoms. The highest BCUT2D eigenvalue weighted by Gasteiger charge is 2.52. The van der Waals surface area contributed by atoms with Gasteiger partial charge in [-0.25, -0.2) is 14.4 Å². The van der Waals surface area contributed by atoms with E-state index < -0.39 is 11.4 Å². The Kier molecular flexibility index (Phi) is 5.41. The molecule has 1 aromatic carbocycles. The molecule has 1 saturated heterocycles. The fourth-order valence-corrected chi connectivity index (χ4v) is 5.08. The number of amides is 1. The Morgan fingerprint density at radius 3 is 2.63 bits per heavy atom. The van der Waals surface area contributed by atoms with E-state index in [1.54, 1.807) is 12.1 Å². The smallest absolute Gasteiger partial charge is 0.227 e. The Morgan fingerprint density at radius 2 is 1.97 bits per heavy atom. The maximum Gasteiger partial charge on any atom is 0.227 e. The second-order valence-electron chi connectivity index (χ2n) is 9.70. The molecule has 1 aliphatic heterocycles. The number of aliphatic hydroxyl groups is 1. The van der Waals surface area contributed by atoms with E-state index in [0.717, 1.165) is 43.1 Å². The molecule has 6 rings (SSSR count). The van der Waals surface area contributed by atoms with Crippen LogP contribution in [0.5, 0.6) is 0 Å². The second kappa shape index (κ2) is 8.49. The summed E-state index contributed by atoms with van der Waals surface area (Å²) in [6.07, 6.45) is 3.91. The van der Waals surface area contributed by atoms with Crippen LogP contribution >= 0.6 is 11.8 Å². The number of β-amino-alcohol motifs (C(OH)–C–C–N with tert-alkyl or cyclic N) is 1. The van der Waals surface area contributed by atoms with Crippen LogP contribution in [-0.2, 0) is 4.79 Å². The van der Waals surface area contributed by atoms with Gasteiger partial charge in [0.15, 0.2) is 11.0 Å². The largest absolute Gasteiger partial charge is 0.386 e. The number of aromatic nitrogens is 4. The average molecular weight is 496 g/mol. The van der Waals surface area contributed by atoms with Crippen molar-refractivity contribution in [3.63, 3.8) is 0 Å². The number of nitrogens with zero attached hydrogens (tertiary/aromatic N) is 4. The molecule has 0 radical (unpaired) electrons. The lowest BCUT2D eigenvalue weighted by atomic mass is 9.89. The summed E-state index contributed by atoms with van der Waals surface area (Å²) in [5, 5.41) is 24.2. The monoisotopic (exact) mass is 495 g/mol. The summed E-state index contributed by atoms with van der Waals surface area (Å²) in [6, 6.07) is 8.31. The third-order valence-corrected chi connectivity index (χ3v) is 7.51. The van der Waals surface area contributed by atoms with Crippen LogP contribution in [0.25, 0.3) is 0 Å². The molecule has 2 aromatic heterocycles. The van der Waals surface area contributed by atoms with Crippen LogP contribution in [0.3, 0.4) is 0 Å². The maximum absolute atomic E-state index is 14.9. The van der Waals surface area contributed by atoms with Gasteiger partial charge in [0.1, 0.15) is 23.1 Å². The topological polar surface area (TPSA) is 119 Å². The van der Waals surface area contributed by atoms with Gasteiger partial charge in [-0.2, -0.15) is 5.10 Å². The highest BCUT2D eigenvalue weighted by Crippen LogP contribution is 2.46. The zero-order valence-corrected chi connectivity index (χ0v) is 20.0. The second-order valence-corrected chi connectivity index (χ2v) is 10.7. The predicted octanol–water partition coefficient (Wildman–Crippen LogP) is 3.85. The molecule has 0 unspecified atom stereocenters. The molecule has 11 heteroatoms. The zero-order valence-electron chi connectivity index (χ0n) is 19.2. The van der Waals surface area contributed by atoms with Gasteiger partial charge in [0.25, 0.3) is 0 Å². The molecule has 9 nitrogen and oxygen atoms in total. The third kappa shape index (κ3) is 4.83. The molecule has 0 atom stereocenters. The van der Waals surface area contributed by atoms with E-state index in [1.807, 2.05) is 24.0 Å². The minimum Gasteiger partial charge on any atom is -0.386 e. The van der Waals surface area contributed by atoms with E-state index in [4.69, 9.17) is 0 Å². The van der Waals surface area contributed by atoms with E-state index in [2.05, 4.69) is 30.8 Å². The third-order valence-electron chi connectivity index (χ3n) is 6.59. The van der Waals surface area contributed by atoms with E-state index in [1.165, 1.54) is 6.07 Å². The van der Waals surface area contributed by atoms with Crippen molar-refractivity contribution in [2.45, 2.75) is 48.3 Å². The van der Waals surface area contributed by atoms with Gasteiger partial charge < -0.3 is 20.6 Å². The van der Waals surface area contributed by atoms with Crippen LogP contribution in [0.1, 0.15) is 31.4 Å². The lowest BCUT2D eigenvalue weighted by Crippen LogP contribution is -2.63. The zero-order chi connectivity index (χ0) is 24.2. The first kappa shape index (κ1) is 22.3. The minimum absolute atomic E-state index is 0.0477. The van der Waals surface area contributed by atoms with Crippen molar-refractivity contribution in [2.75, 3.05) is 28.6 Å². The van der Waals surface area contributed by atoms with Crippen molar-refractivity contribution in [1.82, 2.24) is 20.2 Å². The van der Waals surface area contributed by atoms with Crippen LogP contribution in [0, 0.1) is 24.6 Å². The summed E-state index contributed by atoms with van der Waals surface area (Å²) in [6.45, 7) is 2.94. The maximum atomic E-state index is 14.9. The van der Waals surface area contributed by atoms with E-state index >= 15 is 0 Å². The summed E-state index contributed by atoms with van der Waals surface area (Å²) in [5.74, 6) is 1.70. The number of H-pyrrole nitrogens is 1. The van der Waals surface area contributed by atoms with Gasteiger partial charge in [-0.15, -0.1) is 0 Å². The summed E-state index contributed by atoms with van der Waals surface area (Å²) in [4.78, 5) is 23.6. The Balaban J connectivity index is 1.23. The molecule has 0 spiro atoms. The van der Waals surface area contributed by atoms with Crippen molar-refractivity contribution in [3.8, 4) is 0 Å². The first-order valence-electron chi connectivity index (χ1n) is 11.8. The van der Waals surface area contributed by atoms with Gasteiger partial charge in [0.05, 0.1) is 18.0 Å². The van der Waals surface area contributed by atoms with E-state index in [0.29, 0.717) is 52.2 Å². The van der Waals surface area contributed by atoms with Crippen molar-refractivity contribution in [3.05, 3.63) is 41.8 Å². The standard InChI is InChI=1S/C24H26FN7O2S/c1-13-8-20(31-30-13)27-19-10-21(32-11-24(34,12-32)15-4-5-15)29-23(28-19)35-18-7-6-16(9-17(18)25)26-22(33)14-2-3-14/h6-10,14-15,34H,2-5,11-12H2,1H3,(H,26,33)(H2,27,28,29,30,31). The predicted molar refractivity (Wildman–Crippen MR) is 130 cm³/mol. The number of aromatic amines is 1. The van der Waals surface area contributed by atoms with Crippen molar-refractivity contribution in [1.29, 1.82) is 0 Å². The number of hydrogen-bond donors (Lipinski definition) is 4. The molecule has 3 fully saturated rings. The number of aryl methyl sites for hydroxylation is 1. The normalized spacial score (nSPS) is 18.8. The number of halogens is 1. The Bertz CT molecular complexity index is 1280. The Morgan fingerprint density at radius 1 is 1.17 bits per heavy atom. The van der Waals surface area contributed by atoms with E-state index in [9.17, 15) is 14.3 Å². The van der Waals surface area contributed by atoms with E-state index in [-0.39, 0.29) is 11.8 Å². The first-order chi connectivity index (χ1) is 16.8. The molecule has 2 aliphatic carbocycles. The number of nitrogens with one attached hydrogen (secondary N) is 3. The molecule has 2 saturated carbocycles. The molecule has 4 N–H and O–H groups in total. The average Bonchev–Trinajstić information content (AvgIpc) is 3.71. The quantitative estimate of drug-likeness (QED) is 0.348. The van der Waals surface area contributed by atoms with Gasteiger partial charge in [0.2, 0.25) is 5.91 Å². The summed E-state index contributed by atoms with van der Waals surface area (Å²) in [7, 11) is 0. The van der Waals surface area contributed by atoms with Crippen molar-refractivity contribution in [2.24, 2.45) is 11.8 Å². The molecule has 182 valence electrons. The highest BCUT2D eigenvalue weighted by atomic mass is 32.2. The number of carbonyl (C=O) groups excluding carboxylic acids is 1. The summed E-state index contributed by atoms with van der Waals surface area (Å²) < 4.78 is 14.9. The summed E-state index contributed by atoms with van der Waals surface area (Å²) >= 11 is 1.11. The molecule has 3 heterocycles. The SMILES string of the molecule is Cc1cc(Nc2cc(N3CC(O)(C4CC4)C3)nc(Sc3ccc(NC(=O)C4CC4)cc3F)n2)n[nH]1. The van der Waals surface area contributed by atoms with Crippen LogP contribution in [-0.4, -0.2) is 49.9 Å².